The molecule has 14 heteroatoms. The number of nitrogens with one attached hydrogen (secondary N) is 2. The second-order valence-corrected chi connectivity index (χ2v) is 14.4. The van der Waals surface area contributed by atoms with Gasteiger partial charge in [0.25, 0.3) is 5.91 Å². The Morgan fingerprint density at radius 3 is 2.33 bits per heavy atom. The molecular weight excluding hydrogens is 691 g/mol. The number of carbonyl (C=O) groups excluding carboxylic acids is 3. The molecule has 2 amide bonds. The molecule has 0 saturated carbocycles. The van der Waals surface area contributed by atoms with Crippen LogP contribution < -0.4 is 10.7 Å². The van der Waals surface area contributed by atoms with Crippen LogP contribution in [0.3, 0.4) is 0 Å². The number of pyridine rings is 1. The molecule has 0 saturated heterocycles. The van der Waals surface area contributed by atoms with Gasteiger partial charge in [-0.05, 0) is 60.4 Å². The average Bonchev–Trinajstić information content (AvgIpc) is 3.48. The molecule has 4 N–H and O–H groups in total. The van der Waals surface area contributed by atoms with Gasteiger partial charge in [0.1, 0.15) is 6.04 Å². The smallest absolute Gasteiger partial charge is 0.337 e. The predicted octanol–water partition coefficient (Wildman–Crippen LogP) is 5.91. The van der Waals surface area contributed by atoms with Gasteiger partial charge in [0, 0.05) is 34.7 Å². The molecule has 5 aromatic rings. The highest BCUT2D eigenvalue weighted by atomic mass is 32.2. The third-order valence-electron chi connectivity index (χ3n) is 8.37. The standard InChI is InChI=1S/C37H37N4O8PS/c1-22(2)18-28(37(47,50-48)21-51-32-17-16-23-8-4-6-10-29(23)38-32)34(43)39-30(35(44)45)19-26-20-41(31-11-7-5-9-27(26)31)40-33(42)24-12-14-25(15-13-24)36(46)49-3/h4-17,20,22,28,30,47H,18-19,21H2,1-3H3,(H,39,43)(H,40,42)(H,44,45)/t28?,30-,37?/m0/s1. The number of thioether (sulfide) groups is 1. The van der Waals surface area contributed by atoms with E-state index in [0.29, 0.717) is 21.5 Å². The molecule has 2 aromatic heterocycles. The first-order chi connectivity index (χ1) is 24.4. The van der Waals surface area contributed by atoms with Gasteiger partial charge in [0.2, 0.25) is 5.91 Å². The number of fused-ring (bicyclic) bond motifs is 2. The summed E-state index contributed by atoms with van der Waals surface area (Å²) in [6, 6.07) is 22.8. The molecular formula is C37H37N4O8PS. The number of hydrogen-bond donors (Lipinski definition) is 4. The minimum atomic E-state index is -2.02. The first-order valence-electron chi connectivity index (χ1n) is 16.1. The third kappa shape index (κ3) is 8.80. The maximum atomic E-state index is 13.8. The summed E-state index contributed by atoms with van der Waals surface area (Å²) in [7, 11) is 0.581. The number of benzene rings is 3. The zero-order valence-electron chi connectivity index (χ0n) is 28.1. The Balaban J connectivity index is 1.35. The van der Waals surface area contributed by atoms with Gasteiger partial charge in [0.15, 0.2) is 13.8 Å². The number of ether oxygens (including phenoxy) is 1. The average molecular weight is 729 g/mol. The topological polar surface area (TPSA) is 177 Å². The highest BCUT2D eigenvalue weighted by Crippen LogP contribution is 2.38. The van der Waals surface area contributed by atoms with Crippen molar-refractivity contribution < 1.29 is 38.7 Å². The molecule has 0 spiro atoms. The van der Waals surface area contributed by atoms with E-state index in [1.807, 2.05) is 44.2 Å². The van der Waals surface area contributed by atoms with Crippen molar-refractivity contribution >= 4 is 65.8 Å². The summed E-state index contributed by atoms with van der Waals surface area (Å²) in [5, 5.41) is 24.6. The molecule has 0 radical (unpaired) electrons. The van der Waals surface area contributed by atoms with Crippen LogP contribution in [0, 0.1) is 11.8 Å². The first kappa shape index (κ1) is 37.2. The van der Waals surface area contributed by atoms with Crippen molar-refractivity contribution in [1.29, 1.82) is 0 Å². The van der Waals surface area contributed by atoms with Crippen molar-refractivity contribution in [2.75, 3.05) is 18.3 Å². The zero-order valence-corrected chi connectivity index (χ0v) is 29.8. The summed E-state index contributed by atoms with van der Waals surface area (Å²) in [5.74, 6) is -4.52. The van der Waals surface area contributed by atoms with Gasteiger partial charge in [-0.1, -0.05) is 56.3 Å². The van der Waals surface area contributed by atoms with Crippen LogP contribution >= 0.6 is 20.2 Å². The van der Waals surface area contributed by atoms with Crippen LogP contribution in [0.15, 0.2) is 96.2 Å². The Morgan fingerprint density at radius 2 is 1.65 bits per heavy atom. The largest absolute Gasteiger partial charge is 0.480 e. The zero-order chi connectivity index (χ0) is 36.7. The number of aromatic nitrogens is 2. The lowest BCUT2D eigenvalue weighted by atomic mass is 9.90. The maximum absolute atomic E-state index is 13.8. The summed E-state index contributed by atoms with van der Waals surface area (Å²) in [6.45, 7) is 3.71. The Bertz CT molecular complexity index is 2090. The van der Waals surface area contributed by atoms with E-state index in [0.717, 1.165) is 22.7 Å². The summed E-state index contributed by atoms with van der Waals surface area (Å²) < 4.78 is 18.7. The highest BCUT2D eigenvalue weighted by molar-refractivity contribution is 7.99. The number of aliphatic carboxylic acids is 1. The fourth-order valence-corrected chi connectivity index (χ4v) is 7.37. The predicted molar refractivity (Wildman–Crippen MR) is 195 cm³/mol. The summed E-state index contributed by atoms with van der Waals surface area (Å²) in [4.78, 5) is 55.9. The number of carboxylic acid groups (broad SMARTS) is 1. The Morgan fingerprint density at radius 1 is 0.961 bits per heavy atom. The Hall–Kier alpha value is -5.10. The summed E-state index contributed by atoms with van der Waals surface area (Å²) >= 11 is 1.16. The fraction of sp³-hybridized carbons (Fsp3) is 0.270. The molecule has 51 heavy (non-hydrogen) atoms. The van der Waals surface area contributed by atoms with Gasteiger partial charge < -0.3 is 20.3 Å². The SMILES string of the molecule is COC(=O)c1ccc(C(=O)Nn2cc(C[C@H](NC(=O)C(CC(C)C)C(O)(CSc3ccc4ccccc4n3)P=O)C(=O)O)c3ccccc32)cc1. The molecule has 3 atom stereocenters. The van der Waals surface area contributed by atoms with Crippen molar-refractivity contribution in [2.24, 2.45) is 11.8 Å². The van der Waals surface area contributed by atoms with Crippen LogP contribution in [0.2, 0.25) is 0 Å². The van der Waals surface area contributed by atoms with Gasteiger partial charge in [0.05, 0.1) is 34.7 Å². The number of aliphatic hydroxyl groups is 1. The molecule has 3 aromatic carbocycles. The number of carboxylic acids is 1. The maximum Gasteiger partial charge on any atom is 0.337 e. The second kappa shape index (κ2) is 16.3. The summed E-state index contributed by atoms with van der Waals surface area (Å²) in [5.41, 5.74) is 5.20. The van der Waals surface area contributed by atoms with Crippen molar-refractivity contribution in [3.63, 3.8) is 0 Å². The van der Waals surface area contributed by atoms with Crippen LogP contribution in [0.1, 0.15) is 46.5 Å². The number of amides is 2. The molecule has 264 valence electrons. The fourth-order valence-electron chi connectivity index (χ4n) is 5.72. The molecule has 0 aliphatic carbocycles. The van der Waals surface area contributed by atoms with Gasteiger partial charge in [-0.25, -0.2) is 14.6 Å². The molecule has 0 fully saturated rings. The van der Waals surface area contributed by atoms with Crippen LogP contribution in [-0.4, -0.2) is 67.9 Å². The van der Waals surface area contributed by atoms with Crippen LogP contribution in [0.5, 0.6) is 0 Å². The normalized spacial score (nSPS) is 13.8. The number of methoxy groups -OCH3 is 1. The lowest BCUT2D eigenvalue weighted by Crippen LogP contribution is -2.51. The number of carbonyl (C=O) groups is 4. The lowest BCUT2D eigenvalue weighted by molar-refractivity contribution is -0.143. The molecule has 5 rings (SSSR count). The van der Waals surface area contributed by atoms with Crippen LogP contribution in [-0.2, 0) is 25.3 Å². The quantitative estimate of drug-likeness (QED) is 0.0576. The van der Waals surface area contributed by atoms with E-state index in [1.165, 1.54) is 36.1 Å². The van der Waals surface area contributed by atoms with E-state index in [2.05, 4.69) is 15.7 Å². The number of hydrogen-bond acceptors (Lipinski definition) is 9. The molecule has 0 bridgehead atoms. The van der Waals surface area contributed by atoms with Gasteiger partial charge >= 0.3 is 11.9 Å². The van der Waals surface area contributed by atoms with Crippen molar-refractivity contribution in [3.05, 3.63) is 108 Å². The number of para-hydroxylation sites is 2. The second-order valence-electron chi connectivity index (χ2n) is 12.4. The van der Waals surface area contributed by atoms with Gasteiger partial charge in [-0.15, -0.1) is 11.8 Å². The van der Waals surface area contributed by atoms with E-state index in [-0.39, 0.29) is 35.6 Å². The van der Waals surface area contributed by atoms with Gasteiger partial charge in [-0.2, -0.15) is 0 Å². The van der Waals surface area contributed by atoms with Crippen molar-refractivity contribution in [2.45, 2.75) is 43.1 Å². The van der Waals surface area contributed by atoms with Crippen molar-refractivity contribution in [3.8, 4) is 0 Å². The molecule has 0 aliphatic heterocycles. The van der Waals surface area contributed by atoms with Gasteiger partial charge in [-0.3, -0.25) is 24.3 Å². The Labute approximate surface area is 299 Å². The van der Waals surface area contributed by atoms with E-state index >= 15 is 0 Å². The number of esters is 1. The monoisotopic (exact) mass is 728 g/mol. The van der Waals surface area contributed by atoms with E-state index in [9.17, 15) is 34.0 Å². The molecule has 2 unspecified atom stereocenters. The van der Waals surface area contributed by atoms with E-state index in [4.69, 9.17) is 4.74 Å². The minimum Gasteiger partial charge on any atom is -0.480 e. The molecule has 0 aliphatic rings. The highest BCUT2D eigenvalue weighted by Gasteiger charge is 2.44. The third-order valence-corrected chi connectivity index (χ3v) is 10.5. The van der Waals surface area contributed by atoms with E-state index < -0.39 is 49.5 Å². The summed E-state index contributed by atoms with van der Waals surface area (Å²) in [6.07, 6.45) is 1.57. The van der Waals surface area contributed by atoms with Crippen molar-refractivity contribution in [1.82, 2.24) is 15.0 Å². The minimum absolute atomic E-state index is 0.0978. The lowest BCUT2D eigenvalue weighted by Gasteiger charge is -2.31. The number of rotatable bonds is 15. The van der Waals surface area contributed by atoms with Crippen LogP contribution in [0.4, 0.5) is 0 Å². The first-order valence-corrected chi connectivity index (χ1v) is 17.9. The molecule has 2 heterocycles. The number of nitrogens with zero attached hydrogens (tertiary/aromatic N) is 2. The van der Waals surface area contributed by atoms with E-state index in [1.54, 1.807) is 36.5 Å². The Kier molecular flexibility index (Phi) is 11.9. The molecule has 12 nitrogen and oxygen atoms in total. The van der Waals surface area contributed by atoms with Crippen LogP contribution in [0.25, 0.3) is 21.8 Å².